The number of anilines is 1. The van der Waals surface area contributed by atoms with Crippen molar-refractivity contribution in [1.82, 2.24) is 4.98 Å². The molecular weight excluding hydrogens is 253 g/mol. The molecule has 0 aliphatic rings. The molecule has 0 aliphatic carbocycles. The Bertz CT molecular complexity index is 355. The fraction of sp³-hybridized carbons (Fsp3) is 0.545. The lowest BCUT2D eigenvalue weighted by Gasteiger charge is -2.16. The average molecular weight is 267 g/mol. The molecule has 6 heteroatoms. The van der Waals surface area contributed by atoms with Crippen LogP contribution in [-0.2, 0) is 0 Å². The molecule has 1 heterocycles. The third-order valence-corrected chi connectivity index (χ3v) is 2.60. The second kappa shape index (κ2) is 6.10. The fourth-order valence-corrected chi connectivity index (χ4v) is 1.59. The maximum Gasteiger partial charge on any atom is 0.389 e. The second-order valence-corrected chi connectivity index (χ2v) is 4.32. The number of nitrogens with one attached hydrogen (secondary N) is 1. The highest BCUT2D eigenvalue weighted by Gasteiger charge is 2.26. The van der Waals surface area contributed by atoms with Gasteiger partial charge in [0.05, 0.1) is 16.9 Å². The quantitative estimate of drug-likeness (QED) is 0.861. The molecule has 1 atom stereocenters. The number of aromatic nitrogens is 1. The summed E-state index contributed by atoms with van der Waals surface area (Å²) in [6.07, 6.45) is -1.17. The lowest BCUT2D eigenvalue weighted by molar-refractivity contribution is -0.135. The molecule has 1 unspecified atom stereocenters. The van der Waals surface area contributed by atoms with E-state index in [4.69, 9.17) is 11.6 Å². The SMILES string of the molecule is CC(CCCC(F)(F)F)Nc1cnccc1Cl. The molecule has 96 valence electrons. The first-order valence-electron chi connectivity index (χ1n) is 5.31. The third-order valence-electron chi connectivity index (χ3n) is 2.27. The first-order chi connectivity index (χ1) is 7.88. The Labute approximate surface area is 103 Å². The van der Waals surface area contributed by atoms with Crippen molar-refractivity contribution in [2.24, 2.45) is 0 Å². The lowest BCUT2D eigenvalue weighted by Crippen LogP contribution is -2.17. The summed E-state index contributed by atoms with van der Waals surface area (Å²) in [5.41, 5.74) is 0.647. The number of nitrogens with zero attached hydrogens (tertiary/aromatic N) is 1. The molecule has 1 aromatic heterocycles. The molecule has 17 heavy (non-hydrogen) atoms. The van der Waals surface area contributed by atoms with Crippen LogP contribution in [-0.4, -0.2) is 17.2 Å². The number of alkyl halides is 3. The highest BCUT2D eigenvalue weighted by molar-refractivity contribution is 6.33. The van der Waals surface area contributed by atoms with Gasteiger partial charge in [-0.05, 0) is 25.8 Å². The molecule has 0 amide bonds. The van der Waals surface area contributed by atoms with Crippen LogP contribution < -0.4 is 5.32 Å². The second-order valence-electron chi connectivity index (χ2n) is 3.91. The van der Waals surface area contributed by atoms with Crippen molar-refractivity contribution in [3.05, 3.63) is 23.5 Å². The molecule has 0 aromatic carbocycles. The Morgan fingerprint density at radius 2 is 2.18 bits per heavy atom. The van der Waals surface area contributed by atoms with Gasteiger partial charge in [-0.3, -0.25) is 4.98 Å². The minimum absolute atomic E-state index is 0.0703. The van der Waals surface area contributed by atoms with Crippen LogP contribution in [0.15, 0.2) is 18.5 Å². The summed E-state index contributed by atoms with van der Waals surface area (Å²) in [6.45, 7) is 1.82. The Hall–Kier alpha value is -0.970. The van der Waals surface area contributed by atoms with Crippen molar-refractivity contribution >= 4 is 17.3 Å². The van der Waals surface area contributed by atoms with Crippen LogP contribution in [0, 0.1) is 0 Å². The highest BCUT2D eigenvalue weighted by atomic mass is 35.5. The van der Waals surface area contributed by atoms with Crippen LogP contribution in [0.5, 0.6) is 0 Å². The predicted molar refractivity (Wildman–Crippen MR) is 62.2 cm³/mol. The van der Waals surface area contributed by atoms with Crippen molar-refractivity contribution < 1.29 is 13.2 Å². The summed E-state index contributed by atoms with van der Waals surface area (Å²) in [7, 11) is 0. The summed E-state index contributed by atoms with van der Waals surface area (Å²) >= 11 is 5.89. The third kappa shape index (κ3) is 5.77. The van der Waals surface area contributed by atoms with Gasteiger partial charge in [0, 0.05) is 18.7 Å². The zero-order valence-corrected chi connectivity index (χ0v) is 10.1. The minimum atomic E-state index is -4.08. The van der Waals surface area contributed by atoms with Gasteiger partial charge in [-0.25, -0.2) is 0 Å². The molecule has 2 nitrogen and oxygen atoms in total. The van der Waals surface area contributed by atoms with Gasteiger partial charge < -0.3 is 5.32 Å². The van der Waals surface area contributed by atoms with E-state index in [2.05, 4.69) is 10.3 Å². The van der Waals surface area contributed by atoms with Crippen molar-refractivity contribution in [2.45, 2.75) is 38.4 Å². The van der Waals surface area contributed by atoms with Gasteiger partial charge in [-0.15, -0.1) is 0 Å². The molecule has 0 saturated heterocycles. The maximum atomic E-state index is 11.9. The van der Waals surface area contributed by atoms with Gasteiger partial charge in [-0.2, -0.15) is 13.2 Å². The molecule has 0 fully saturated rings. The number of pyridine rings is 1. The van der Waals surface area contributed by atoms with Crippen LogP contribution in [0.25, 0.3) is 0 Å². The van der Waals surface area contributed by atoms with Gasteiger partial charge >= 0.3 is 6.18 Å². The van der Waals surface area contributed by atoms with Crippen LogP contribution >= 0.6 is 11.6 Å². The summed E-state index contributed by atoms with van der Waals surface area (Å²) in [6, 6.07) is 1.56. The zero-order valence-electron chi connectivity index (χ0n) is 9.39. The van der Waals surface area contributed by atoms with E-state index in [-0.39, 0.29) is 12.5 Å². The van der Waals surface area contributed by atoms with Crippen molar-refractivity contribution in [2.75, 3.05) is 5.32 Å². The smallest absolute Gasteiger partial charge is 0.380 e. The molecule has 1 rings (SSSR count). The number of rotatable bonds is 5. The summed E-state index contributed by atoms with van der Waals surface area (Å²) in [5.74, 6) is 0. The van der Waals surface area contributed by atoms with E-state index < -0.39 is 12.6 Å². The van der Waals surface area contributed by atoms with E-state index in [1.807, 2.05) is 6.92 Å². The standard InChI is InChI=1S/C11H14ClF3N2/c1-8(3-2-5-11(13,14)15)17-10-7-16-6-4-9(10)12/h4,6-8,17H,2-3,5H2,1H3. The van der Waals surface area contributed by atoms with Crippen LogP contribution in [0.3, 0.4) is 0 Å². The largest absolute Gasteiger partial charge is 0.389 e. The van der Waals surface area contributed by atoms with E-state index in [1.165, 1.54) is 0 Å². The maximum absolute atomic E-state index is 11.9. The number of halogens is 4. The molecule has 0 aliphatic heterocycles. The Morgan fingerprint density at radius 3 is 2.76 bits per heavy atom. The molecule has 0 radical (unpaired) electrons. The highest BCUT2D eigenvalue weighted by Crippen LogP contribution is 2.24. The van der Waals surface area contributed by atoms with Crippen LogP contribution in [0.2, 0.25) is 5.02 Å². The predicted octanol–water partition coefficient (Wildman–Crippen LogP) is 4.27. The first-order valence-corrected chi connectivity index (χ1v) is 5.69. The normalized spacial score (nSPS) is 13.5. The van der Waals surface area contributed by atoms with E-state index in [9.17, 15) is 13.2 Å². The molecular formula is C11H14ClF3N2. The zero-order chi connectivity index (χ0) is 12.9. The number of hydrogen-bond donors (Lipinski definition) is 1. The van der Waals surface area contributed by atoms with Crippen molar-refractivity contribution in [3.63, 3.8) is 0 Å². The van der Waals surface area contributed by atoms with E-state index in [1.54, 1.807) is 18.5 Å². The fourth-order valence-electron chi connectivity index (χ4n) is 1.43. The molecule has 0 bridgehead atoms. The Morgan fingerprint density at radius 1 is 1.47 bits per heavy atom. The van der Waals surface area contributed by atoms with Gasteiger partial charge in [0.1, 0.15) is 0 Å². The summed E-state index contributed by atoms with van der Waals surface area (Å²) in [4.78, 5) is 3.89. The lowest BCUT2D eigenvalue weighted by atomic mass is 10.1. The van der Waals surface area contributed by atoms with Crippen molar-refractivity contribution in [1.29, 1.82) is 0 Å². The van der Waals surface area contributed by atoms with Crippen LogP contribution in [0.1, 0.15) is 26.2 Å². The molecule has 0 spiro atoms. The molecule has 0 saturated carbocycles. The average Bonchev–Trinajstić information content (AvgIpc) is 2.19. The van der Waals surface area contributed by atoms with Crippen molar-refractivity contribution in [3.8, 4) is 0 Å². The van der Waals surface area contributed by atoms with Gasteiger partial charge in [0.2, 0.25) is 0 Å². The summed E-state index contributed by atoms with van der Waals surface area (Å²) < 4.78 is 35.8. The topological polar surface area (TPSA) is 24.9 Å². The molecule has 1 N–H and O–H groups in total. The summed E-state index contributed by atoms with van der Waals surface area (Å²) in [5, 5.41) is 3.55. The van der Waals surface area contributed by atoms with E-state index in [0.717, 1.165) is 0 Å². The Balaban J connectivity index is 2.35. The first kappa shape index (κ1) is 14.1. The number of hydrogen-bond acceptors (Lipinski definition) is 2. The van der Waals surface area contributed by atoms with Crippen LogP contribution in [0.4, 0.5) is 18.9 Å². The Kier molecular flexibility index (Phi) is 5.05. The van der Waals surface area contributed by atoms with Gasteiger partial charge in [0.15, 0.2) is 0 Å². The monoisotopic (exact) mass is 266 g/mol. The van der Waals surface area contributed by atoms with E-state index >= 15 is 0 Å². The molecule has 1 aromatic rings. The van der Waals surface area contributed by atoms with Gasteiger partial charge in [0.25, 0.3) is 0 Å². The van der Waals surface area contributed by atoms with Gasteiger partial charge in [-0.1, -0.05) is 11.6 Å². The van der Waals surface area contributed by atoms with E-state index in [0.29, 0.717) is 17.1 Å². The minimum Gasteiger partial charge on any atom is -0.380 e.